The Bertz CT molecular complexity index is 1060. The Kier molecular flexibility index (Phi) is 5.65. The molecule has 0 aliphatic heterocycles. The number of allylic oxidation sites excluding steroid dienone is 1. The number of hydrogen-bond donors (Lipinski definition) is 4. The van der Waals surface area contributed by atoms with Gasteiger partial charge in [0.15, 0.2) is 0 Å². The third-order valence-corrected chi connectivity index (χ3v) is 13.4. The van der Waals surface area contributed by atoms with Gasteiger partial charge in [0.2, 0.25) is 0 Å². The molecule has 0 amide bonds. The number of aliphatic hydroxyl groups excluding tert-OH is 1. The molecular formula is C30H44O7. The highest BCUT2D eigenvalue weighted by molar-refractivity contribution is 5.81. The van der Waals surface area contributed by atoms with Crippen molar-refractivity contribution >= 4 is 17.9 Å². The van der Waals surface area contributed by atoms with E-state index in [-0.39, 0.29) is 29.6 Å². The molecule has 5 aliphatic carbocycles. The van der Waals surface area contributed by atoms with Gasteiger partial charge in [-0.15, -0.1) is 0 Å². The zero-order chi connectivity index (χ0) is 27.5. The summed E-state index contributed by atoms with van der Waals surface area (Å²) in [5.41, 5.74) is -3.16. The minimum Gasteiger partial charge on any atom is -0.481 e. The Morgan fingerprint density at radius 1 is 0.811 bits per heavy atom. The van der Waals surface area contributed by atoms with Crippen molar-refractivity contribution in [3.63, 3.8) is 0 Å². The van der Waals surface area contributed by atoms with Crippen molar-refractivity contribution in [3.05, 3.63) is 12.2 Å². The van der Waals surface area contributed by atoms with Crippen LogP contribution in [-0.2, 0) is 14.4 Å². The Labute approximate surface area is 219 Å². The van der Waals surface area contributed by atoms with Gasteiger partial charge in [0.1, 0.15) is 0 Å². The van der Waals surface area contributed by atoms with E-state index in [1.54, 1.807) is 0 Å². The highest BCUT2D eigenvalue weighted by Gasteiger charge is 2.78. The highest BCUT2D eigenvalue weighted by Crippen LogP contribution is 2.79. The van der Waals surface area contributed by atoms with Crippen LogP contribution in [0.3, 0.4) is 0 Å². The molecule has 5 saturated carbocycles. The van der Waals surface area contributed by atoms with Gasteiger partial charge < -0.3 is 20.4 Å². The van der Waals surface area contributed by atoms with E-state index in [9.17, 15) is 34.8 Å². The monoisotopic (exact) mass is 516 g/mol. The fraction of sp³-hybridized carbons (Fsp3) is 0.833. The molecule has 11 unspecified atom stereocenters. The van der Waals surface area contributed by atoms with Gasteiger partial charge in [0.25, 0.3) is 0 Å². The summed E-state index contributed by atoms with van der Waals surface area (Å²) < 4.78 is 0. The van der Waals surface area contributed by atoms with Crippen molar-refractivity contribution in [2.45, 2.75) is 92.1 Å². The standard InChI is InChI=1S/C30H44O7/c1-15(2)16-9-12-29(24(34)35)13-14-30(25(36)37)17(20(16)29)7-8-19-27(30,5)11-10-18-26(3,4)22(31)21(23(32)33)28(18,19)6/h16-22,31H,1,7-14H2,2-6H3,(H,32,33)(H,34,35)(H,36,37). The molecule has 0 saturated heterocycles. The van der Waals surface area contributed by atoms with Gasteiger partial charge in [0.05, 0.1) is 22.9 Å². The summed E-state index contributed by atoms with van der Waals surface area (Å²) in [4.78, 5) is 39.0. The quantitative estimate of drug-likeness (QED) is 0.383. The van der Waals surface area contributed by atoms with Crippen LogP contribution in [0.2, 0.25) is 0 Å². The van der Waals surface area contributed by atoms with Crippen LogP contribution in [0.4, 0.5) is 0 Å². The summed E-state index contributed by atoms with van der Waals surface area (Å²) in [6.07, 6.45) is 3.44. The molecule has 37 heavy (non-hydrogen) atoms. The summed E-state index contributed by atoms with van der Waals surface area (Å²) in [5.74, 6) is -4.47. The van der Waals surface area contributed by atoms with Gasteiger partial charge in [-0.1, -0.05) is 39.8 Å². The molecule has 0 aromatic heterocycles. The fourth-order valence-corrected chi connectivity index (χ4v) is 11.9. The third-order valence-electron chi connectivity index (χ3n) is 13.4. The molecule has 5 aliphatic rings. The first-order chi connectivity index (χ1) is 17.0. The maximum Gasteiger partial charge on any atom is 0.310 e. The summed E-state index contributed by atoms with van der Waals surface area (Å²) in [6, 6.07) is 0. The second-order valence-corrected chi connectivity index (χ2v) is 14.4. The summed E-state index contributed by atoms with van der Waals surface area (Å²) >= 11 is 0. The molecule has 0 radical (unpaired) electrons. The number of carbonyl (C=O) groups is 3. The van der Waals surface area contributed by atoms with E-state index in [1.807, 2.05) is 27.7 Å². The lowest BCUT2D eigenvalue weighted by Gasteiger charge is -2.69. The number of aliphatic hydroxyl groups is 1. The van der Waals surface area contributed by atoms with Crippen LogP contribution in [0.5, 0.6) is 0 Å². The van der Waals surface area contributed by atoms with Gasteiger partial charge in [-0.05, 0) is 104 Å². The summed E-state index contributed by atoms with van der Waals surface area (Å²) in [6.45, 7) is 14.1. The molecule has 11 atom stereocenters. The Hall–Kier alpha value is -1.89. The average molecular weight is 517 g/mol. The Balaban J connectivity index is 1.69. The molecule has 206 valence electrons. The highest BCUT2D eigenvalue weighted by atomic mass is 16.4. The SMILES string of the molecule is C=C(C)C1CCC2(C(=O)O)CCC3(C(=O)O)C(CCC4C5(C)C(C(=O)O)C(O)C(C)(C)C5CCC43C)C12. The largest absolute Gasteiger partial charge is 0.481 e. The number of carboxylic acid groups (broad SMARTS) is 3. The van der Waals surface area contributed by atoms with E-state index in [1.165, 1.54) is 0 Å². The van der Waals surface area contributed by atoms with Crippen LogP contribution in [-0.4, -0.2) is 44.4 Å². The number of fused-ring (bicyclic) bond motifs is 7. The van der Waals surface area contributed by atoms with Crippen LogP contribution in [0.25, 0.3) is 0 Å². The van der Waals surface area contributed by atoms with Crippen molar-refractivity contribution in [2.24, 2.45) is 62.6 Å². The Morgan fingerprint density at radius 3 is 2.00 bits per heavy atom. The lowest BCUT2D eigenvalue weighted by atomic mass is 9.33. The van der Waals surface area contributed by atoms with Crippen molar-refractivity contribution in [1.29, 1.82) is 0 Å². The topological polar surface area (TPSA) is 132 Å². The molecule has 7 heteroatoms. The molecule has 0 bridgehead atoms. The van der Waals surface area contributed by atoms with Crippen LogP contribution < -0.4 is 0 Å². The van der Waals surface area contributed by atoms with Crippen molar-refractivity contribution in [2.75, 3.05) is 0 Å². The third kappa shape index (κ3) is 2.85. The summed E-state index contributed by atoms with van der Waals surface area (Å²) in [7, 11) is 0. The Morgan fingerprint density at radius 2 is 1.46 bits per heavy atom. The minimum atomic E-state index is -1.13. The molecule has 0 aromatic rings. The van der Waals surface area contributed by atoms with Crippen molar-refractivity contribution in [3.8, 4) is 0 Å². The zero-order valence-electron chi connectivity index (χ0n) is 22.9. The molecule has 0 aromatic carbocycles. The van der Waals surface area contributed by atoms with Gasteiger partial charge >= 0.3 is 17.9 Å². The molecule has 4 N–H and O–H groups in total. The van der Waals surface area contributed by atoms with E-state index in [0.717, 1.165) is 12.0 Å². The minimum absolute atomic E-state index is 0.0220. The van der Waals surface area contributed by atoms with E-state index < -0.39 is 57.0 Å². The predicted molar refractivity (Wildman–Crippen MR) is 136 cm³/mol. The van der Waals surface area contributed by atoms with Gasteiger partial charge in [-0.25, -0.2) is 0 Å². The van der Waals surface area contributed by atoms with Gasteiger partial charge in [-0.2, -0.15) is 0 Å². The number of carboxylic acids is 3. The van der Waals surface area contributed by atoms with E-state index >= 15 is 0 Å². The predicted octanol–water partition coefficient (Wildman–Crippen LogP) is 5.07. The van der Waals surface area contributed by atoms with Crippen LogP contribution >= 0.6 is 0 Å². The van der Waals surface area contributed by atoms with E-state index in [4.69, 9.17) is 0 Å². The van der Waals surface area contributed by atoms with Crippen LogP contribution in [0, 0.1) is 62.6 Å². The first kappa shape index (κ1) is 26.7. The number of hydrogen-bond acceptors (Lipinski definition) is 4. The first-order valence-electron chi connectivity index (χ1n) is 14.1. The fourth-order valence-electron chi connectivity index (χ4n) is 11.9. The van der Waals surface area contributed by atoms with E-state index in [0.29, 0.717) is 44.9 Å². The van der Waals surface area contributed by atoms with Crippen molar-refractivity contribution in [1.82, 2.24) is 0 Å². The van der Waals surface area contributed by atoms with Crippen LogP contribution in [0.15, 0.2) is 12.2 Å². The van der Waals surface area contributed by atoms with Crippen LogP contribution in [0.1, 0.15) is 86.0 Å². The molecular weight excluding hydrogens is 472 g/mol. The van der Waals surface area contributed by atoms with Gasteiger partial charge in [0, 0.05) is 0 Å². The molecule has 5 rings (SSSR count). The first-order valence-corrected chi connectivity index (χ1v) is 14.1. The number of rotatable bonds is 4. The lowest BCUT2D eigenvalue weighted by molar-refractivity contribution is -0.239. The molecule has 5 fully saturated rings. The second-order valence-electron chi connectivity index (χ2n) is 14.4. The maximum atomic E-state index is 13.6. The maximum absolute atomic E-state index is 13.6. The molecule has 0 spiro atoms. The smallest absolute Gasteiger partial charge is 0.310 e. The van der Waals surface area contributed by atoms with Crippen molar-refractivity contribution < 1.29 is 34.8 Å². The number of aliphatic carboxylic acids is 3. The molecule has 7 nitrogen and oxygen atoms in total. The normalized spacial score (nSPS) is 51.8. The average Bonchev–Trinajstić information content (AvgIpc) is 3.26. The zero-order valence-corrected chi connectivity index (χ0v) is 22.9. The summed E-state index contributed by atoms with van der Waals surface area (Å²) in [5, 5.41) is 43.3. The van der Waals surface area contributed by atoms with E-state index in [2.05, 4.69) is 13.5 Å². The van der Waals surface area contributed by atoms with Gasteiger partial charge in [-0.3, -0.25) is 14.4 Å². The lowest BCUT2D eigenvalue weighted by Crippen LogP contribution is -2.68. The second kappa shape index (κ2) is 7.83. The molecule has 0 heterocycles.